The number of fused-ring (bicyclic) bond motifs is 1. The zero-order chi connectivity index (χ0) is 30.1. The SMILES string of the molecule is COC(=O)c1cc(CCc2cc(O[Si](c3ccccc3)(c3ccccc3)C(C)(C)C)c3ccc(Cl)c(F)c3c2)n(C)n1. The molecule has 0 spiro atoms. The number of rotatable bonds is 8. The van der Waals surface area contributed by atoms with Gasteiger partial charge < -0.3 is 9.16 Å². The highest BCUT2D eigenvalue weighted by atomic mass is 35.5. The lowest BCUT2D eigenvalue weighted by Gasteiger charge is -2.43. The first kappa shape index (κ1) is 29.5. The Morgan fingerprint density at radius 2 is 1.52 bits per heavy atom. The Morgan fingerprint density at radius 1 is 0.905 bits per heavy atom. The van der Waals surface area contributed by atoms with Gasteiger partial charge in [-0.2, -0.15) is 5.10 Å². The van der Waals surface area contributed by atoms with Crippen LogP contribution < -0.4 is 14.8 Å². The molecule has 0 saturated heterocycles. The first-order valence-corrected chi connectivity index (χ1v) is 16.2. The number of carbonyl (C=O) groups is 1. The molecule has 0 atom stereocenters. The number of nitrogens with zero attached hydrogens (tertiary/aromatic N) is 2. The molecular formula is C34H34ClFN2O3Si. The van der Waals surface area contributed by atoms with Crippen molar-refractivity contribution >= 4 is 47.0 Å². The molecule has 42 heavy (non-hydrogen) atoms. The van der Waals surface area contributed by atoms with Crippen LogP contribution in [0.3, 0.4) is 0 Å². The zero-order valence-corrected chi connectivity index (χ0v) is 26.2. The maximum absolute atomic E-state index is 15.6. The summed E-state index contributed by atoms with van der Waals surface area (Å²) in [5, 5.41) is 7.39. The Labute approximate surface area is 252 Å². The molecule has 5 aromatic rings. The van der Waals surface area contributed by atoms with Gasteiger partial charge in [0.05, 0.1) is 12.1 Å². The summed E-state index contributed by atoms with van der Waals surface area (Å²) in [5.41, 5.74) is 2.00. The lowest BCUT2D eigenvalue weighted by Crippen LogP contribution is -2.68. The maximum atomic E-state index is 15.6. The van der Waals surface area contributed by atoms with Gasteiger partial charge in [0.25, 0.3) is 0 Å². The second-order valence-corrected chi connectivity index (χ2v) is 16.1. The summed E-state index contributed by atoms with van der Waals surface area (Å²) in [5.74, 6) is -0.343. The fraction of sp³-hybridized carbons (Fsp3) is 0.235. The Balaban J connectivity index is 1.66. The van der Waals surface area contributed by atoms with Gasteiger partial charge in [0.15, 0.2) is 5.69 Å². The number of aryl methyl sites for hydroxylation is 3. The van der Waals surface area contributed by atoms with E-state index in [2.05, 4.69) is 50.1 Å². The summed E-state index contributed by atoms with van der Waals surface area (Å²) in [6.45, 7) is 6.64. The predicted octanol–water partition coefficient (Wildman–Crippen LogP) is 6.88. The molecule has 0 bridgehead atoms. The quantitative estimate of drug-likeness (QED) is 0.144. The van der Waals surface area contributed by atoms with Crippen LogP contribution in [0, 0.1) is 5.82 Å². The molecule has 0 unspecified atom stereocenters. The smallest absolute Gasteiger partial charge is 0.358 e. The topological polar surface area (TPSA) is 53.4 Å². The molecule has 0 aliphatic heterocycles. The average Bonchev–Trinajstić information content (AvgIpc) is 3.36. The Hall–Kier alpha value is -3.94. The van der Waals surface area contributed by atoms with Crippen LogP contribution in [0.25, 0.3) is 10.8 Å². The minimum Gasteiger partial charge on any atom is -0.534 e. The largest absolute Gasteiger partial charge is 0.534 e. The van der Waals surface area contributed by atoms with Crippen LogP contribution in [0.4, 0.5) is 4.39 Å². The van der Waals surface area contributed by atoms with E-state index in [-0.39, 0.29) is 15.8 Å². The third kappa shape index (κ3) is 5.46. The van der Waals surface area contributed by atoms with Crippen molar-refractivity contribution in [2.75, 3.05) is 7.11 Å². The number of hydrogen-bond acceptors (Lipinski definition) is 4. The Morgan fingerprint density at radius 3 is 2.10 bits per heavy atom. The first-order valence-electron chi connectivity index (χ1n) is 13.9. The van der Waals surface area contributed by atoms with Gasteiger partial charge in [-0.15, -0.1) is 0 Å². The lowest BCUT2D eigenvalue weighted by molar-refractivity contribution is 0.0593. The highest BCUT2D eigenvalue weighted by molar-refractivity contribution is 7.00. The van der Waals surface area contributed by atoms with E-state index in [0.717, 1.165) is 21.6 Å². The molecule has 216 valence electrons. The summed E-state index contributed by atoms with van der Waals surface area (Å²) < 4.78 is 29.4. The number of hydrogen-bond donors (Lipinski definition) is 0. The van der Waals surface area contributed by atoms with E-state index in [1.54, 1.807) is 23.9 Å². The second-order valence-electron chi connectivity index (χ2n) is 11.5. The molecule has 0 saturated carbocycles. The minimum atomic E-state index is -2.99. The summed E-state index contributed by atoms with van der Waals surface area (Å²) in [7, 11) is 0.131. The third-order valence-electron chi connectivity index (χ3n) is 7.77. The van der Waals surface area contributed by atoms with Gasteiger partial charge in [0.2, 0.25) is 0 Å². The van der Waals surface area contributed by atoms with E-state index in [1.807, 2.05) is 54.6 Å². The van der Waals surface area contributed by atoms with Crippen LogP contribution >= 0.6 is 11.6 Å². The summed E-state index contributed by atoms with van der Waals surface area (Å²) in [4.78, 5) is 12.0. The maximum Gasteiger partial charge on any atom is 0.358 e. The fourth-order valence-electron chi connectivity index (χ4n) is 5.66. The molecule has 0 fully saturated rings. The molecule has 0 aliphatic carbocycles. The first-order chi connectivity index (χ1) is 20.0. The number of benzene rings is 4. The van der Waals surface area contributed by atoms with Crippen molar-refractivity contribution in [2.45, 2.75) is 38.7 Å². The summed E-state index contributed by atoms with van der Waals surface area (Å²) in [6, 6.07) is 29.7. The number of methoxy groups -OCH3 is 1. The van der Waals surface area contributed by atoms with Crippen molar-refractivity contribution in [3.63, 3.8) is 0 Å². The summed E-state index contributed by atoms with van der Waals surface area (Å²) >= 11 is 6.27. The molecule has 5 rings (SSSR count). The minimum absolute atomic E-state index is 0.0606. The van der Waals surface area contributed by atoms with Gasteiger partial charge in [0.1, 0.15) is 11.6 Å². The molecule has 4 aromatic carbocycles. The van der Waals surface area contributed by atoms with Crippen molar-refractivity contribution in [1.82, 2.24) is 9.78 Å². The van der Waals surface area contributed by atoms with Gasteiger partial charge in [-0.1, -0.05) is 93.0 Å². The Kier molecular flexibility index (Phi) is 8.26. The Bertz CT molecular complexity index is 1690. The fourth-order valence-corrected chi connectivity index (χ4v) is 10.2. The standard InChI is InChI=1S/C34H34ClFN2O3Si/c1-34(2,3)42(25-12-8-6-9-13-25,26-14-10-7-11-15-26)41-31-21-23(20-28-27(31)18-19-29(35)32(28)36)16-17-24-22-30(33(39)40-5)37-38(24)4/h6-15,18-22H,16-17H2,1-5H3. The van der Waals surface area contributed by atoms with Crippen molar-refractivity contribution in [3.05, 3.63) is 119 Å². The van der Waals surface area contributed by atoms with Gasteiger partial charge in [-0.25, -0.2) is 9.18 Å². The molecule has 0 radical (unpaired) electrons. The number of aromatic nitrogens is 2. The van der Waals surface area contributed by atoms with Gasteiger partial charge in [0, 0.05) is 23.5 Å². The van der Waals surface area contributed by atoms with Gasteiger partial charge >= 0.3 is 14.3 Å². The summed E-state index contributed by atoms with van der Waals surface area (Å²) in [6.07, 6.45) is 1.14. The van der Waals surface area contributed by atoms with E-state index in [9.17, 15) is 4.79 Å². The van der Waals surface area contributed by atoms with Crippen LogP contribution in [0.1, 0.15) is 42.5 Å². The third-order valence-corrected chi connectivity index (χ3v) is 13.0. The number of ether oxygens (including phenoxy) is 1. The van der Waals surface area contributed by atoms with Crippen molar-refractivity contribution in [2.24, 2.45) is 7.05 Å². The monoisotopic (exact) mass is 600 g/mol. The van der Waals surface area contributed by atoms with Crippen LogP contribution in [0.5, 0.6) is 5.75 Å². The van der Waals surface area contributed by atoms with Crippen molar-refractivity contribution < 1.29 is 18.3 Å². The van der Waals surface area contributed by atoms with E-state index in [0.29, 0.717) is 29.4 Å². The molecule has 0 aliphatic rings. The zero-order valence-electron chi connectivity index (χ0n) is 24.4. The van der Waals surface area contributed by atoms with E-state index in [1.165, 1.54) is 7.11 Å². The van der Waals surface area contributed by atoms with Crippen LogP contribution in [-0.4, -0.2) is 31.2 Å². The van der Waals surface area contributed by atoms with E-state index >= 15 is 4.39 Å². The molecule has 0 N–H and O–H groups in total. The van der Waals surface area contributed by atoms with Crippen LogP contribution in [0.2, 0.25) is 10.1 Å². The van der Waals surface area contributed by atoms with E-state index in [4.69, 9.17) is 20.8 Å². The van der Waals surface area contributed by atoms with Crippen molar-refractivity contribution in [1.29, 1.82) is 0 Å². The number of carbonyl (C=O) groups excluding carboxylic acids is 1. The van der Waals surface area contributed by atoms with Crippen LogP contribution in [-0.2, 0) is 24.6 Å². The lowest BCUT2D eigenvalue weighted by atomic mass is 10.0. The molecule has 0 amide bonds. The van der Waals surface area contributed by atoms with Gasteiger partial charge in [-0.05, 0) is 64.1 Å². The van der Waals surface area contributed by atoms with E-state index < -0.39 is 20.1 Å². The molecule has 5 nitrogen and oxygen atoms in total. The number of halogens is 2. The average molecular weight is 601 g/mol. The van der Waals surface area contributed by atoms with Crippen LogP contribution in [0.15, 0.2) is 91.0 Å². The molecular weight excluding hydrogens is 567 g/mol. The predicted molar refractivity (Wildman–Crippen MR) is 169 cm³/mol. The molecule has 8 heteroatoms. The highest BCUT2D eigenvalue weighted by Crippen LogP contribution is 2.41. The number of esters is 1. The highest BCUT2D eigenvalue weighted by Gasteiger charge is 2.52. The normalized spacial score (nSPS) is 12.0. The molecule has 1 heterocycles. The second kappa shape index (κ2) is 11.7. The molecule has 1 aromatic heterocycles. The van der Waals surface area contributed by atoms with Gasteiger partial charge in [-0.3, -0.25) is 4.68 Å². The van der Waals surface area contributed by atoms with Crippen molar-refractivity contribution in [3.8, 4) is 5.75 Å².